The standard InChI is InChI=1S/C28H26N2O6/c31-25-17-24(18-7-3-1-4-8-18)29-26(30-25)21-11-10-20-16-22(13-12-19(20)15-21)36-14-6-2-5-9-23(27(32)33)28(34)35/h1,3-4,7-8,10-13,15-17,23H,2,5-6,9,14H2,(H,32,33)(H,34,35)(H,29,30,31). The summed E-state index contributed by atoms with van der Waals surface area (Å²) >= 11 is 0. The molecule has 1 heterocycles. The summed E-state index contributed by atoms with van der Waals surface area (Å²) in [6, 6.07) is 22.7. The van der Waals surface area contributed by atoms with Crippen LogP contribution in [0.4, 0.5) is 0 Å². The Labute approximate surface area is 207 Å². The largest absolute Gasteiger partial charge is 0.494 e. The number of nitrogens with zero attached hydrogens (tertiary/aromatic N) is 1. The molecule has 8 nitrogen and oxygen atoms in total. The maximum Gasteiger partial charge on any atom is 0.317 e. The van der Waals surface area contributed by atoms with E-state index in [1.807, 2.05) is 66.7 Å². The first kappa shape index (κ1) is 24.7. The average molecular weight is 487 g/mol. The first-order valence-corrected chi connectivity index (χ1v) is 11.7. The molecule has 0 aliphatic rings. The van der Waals surface area contributed by atoms with Gasteiger partial charge in [0.1, 0.15) is 11.6 Å². The fourth-order valence-electron chi connectivity index (χ4n) is 4.00. The summed E-state index contributed by atoms with van der Waals surface area (Å²) < 4.78 is 5.82. The minimum atomic E-state index is -1.36. The zero-order valence-electron chi connectivity index (χ0n) is 19.5. The van der Waals surface area contributed by atoms with E-state index in [1.54, 1.807) is 0 Å². The number of hydrogen-bond acceptors (Lipinski definition) is 5. The number of aromatic nitrogens is 2. The molecule has 36 heavy (non-hydrogen) atoms. The number of H-pyrrole nitrogens is 1. The lowest BCUT2D eigenvalue weighted by Crippen LogP contribution is -2.23. The van der Waals surface area contributed by atoms with E-state index in [4.69, 9.17) is 14.9 Å². The number of rotatable bonds is 11. The number of benzene rings is 3. The molecule has 8 heteroatoms. The molecule has 3 aromatic carbocycles. The van der Waals surface area contributed by atoms with Crippen molar-refractivity contribution in [3.05, 3.63) is 83.2 Å². The molecule has 3 N–H and O–H groups in total. The van der Waals surface area contributed by atoms with Gasteiger partial charge < -0.3 is 19.9 Å². The first-order valence-electron chi connectivity index (χ1n) is 11.7. The van der Waals surface area contributed by atoms with Gasteiger partial charge in [-0.1, -0.05) is 61.4 Å². The highest BCUT2D eigenvalue weighted by Crippen LogP contribution is 2.26. The second-order valence-electron chi connectivity index (χ2n) is 8.50. The van der Waals surface area contributed by atoms with Crippen molar-refractivity contribution in [3.63, 3.8) is 0 Å². The van der Waals surface area contributed by atoms with Gasteiger partial charge in [0.2, 0.25) is 0 Å². The van der Waals surface area contributed by atoms with Gasteiger partial charge in [0.25, 0.3) is 5.56 Å². The summed E-state index contributed by atoms with van der Waals surface area (Å²) in [4.78, 5) is 41.5. The number of unbranched alkanes of at least 4 members (excludes halogenated alkanes) is 2. The minimum Gasteiger partial charge on any atom is -0.494 e. The molecule has 0 bridgehead atoms. The molecule has 0 amide bonds. The third-order valence-electron chi connectivity index (χ3n) is 5.91. The van der Waals surface area contributed by atoms with E-state index in [0.29, 0.717) is 43.1 Å². The molecule has 0 saturated heterocycles. The highest BCUT2D eigenvalue weighted by atomic mass is 16.5. The molecule has 0 unspecified atom stereocenters. The molecule has 0 atom stereocenters. The highest BCUT2D eigenvalue weighted by molar-refractivity contribution is 5.92. The number of carboxylic acid groups (broad SMARTS) is 2. The van der Waals surface area contributed by atoms with E-state index < -0.39 is 17.9 Å². The Bertz CT molecular complexity index is 1420. The molecule has 1 aromatic heterocycles. The van der Waals surface area contributed by atoms with Crippen molar-refractivity contribution in [2.75, 3.05) is 6.61 Å². The van der Waals surface area contributed by atoms with Crippen LogP contribution in [0, 0.1) is 5.92 Å². The Kier molecular flexibility index (Phi) is 7.75. The smallest absolute Gasteiger partial charge is 0.317 e. The summed E-state index contributed by atoms with van der Waals surface area (Å²) in [5.74, 6) is -2.75. The van der Waals surface area contributed by atoms with Gasteiger partial charge in [-0.3, -0.25) is 14.4 Å². The number of fused-ring (bicyclic) bond motifs is 1. The van der Waals surface area contributed by atoms with Crippen molar-refractivity contribution in [2.24, 2.45) is 5.92 Å². The Balaban J connectivity index is 1.38. The van der Waals surface area contributed by atoms with E-state index in [2.05, 4.69) is 9.97 Å². The van der Waals surface area contributed by atoms with Crippen LogP contribution in [0.5, 0.6) is 5.75 Å². The van der Waals surface area contributed by atoms with Crippen molar-refractivity contribution < 1.29 is 24.5 Å². The van der Waals surface area contributed by atoms with Crippen molar-refractivity contribution >= 4 is 22.7 Å². The van der Waals surface area contributed by atoms with Gasteiger partial charge in [0, 0.05) is 11.6 Å². The van der Waals surface area contributed by atoms with Gasteiger partial charge in [-0.15, -0.1) is 0 Å². The van der Waals surface area contributed by atoms with Crippen LogP contribution in [0.25, 0.3) is 33.4 Å². The lowest BCUT2D eigenvalue weighted by molar-refractivity contribution is -0.154. The van der Waals surface area contributed by atoms with E-state index >= 15 is 0 Å². The first-order chi connectivity index (χ1) is 17.4. The maximum atomic E-state index is 12.2. The second-order valence-corrected chi connectivity index (χ2v) is 8.50. The molecule has 4 rings (SSSR count). The zero-order chi connectivity index (χ0) is 25.5. The average Bonchev–Trinajstić information content (AvgIpc) is 2.87. The number of hydrogen-bond donors (Lipinski definition) is 3. The predicted octanol–water partition coefficient (Wildman–Crippen LogP) is 4.98. The number of aliphatic carboxylic acids is 2. The molecule has 4 aromatic rings. The number of ether oxygens (including phenoxy) is 1. The number of aromatic amines is 1. The normalized spacial score (nSPS) is 11.0. The Morgan fingerprint density at radius 1 is 0.833 bits per heavy atom. The number of carboxylic acids is 2. The van der Waals surface area contributed by atoms with Crippen LogP contribution >= 0.6 is 0 Å². The maximum absolute atomic E-state index is 12.2. The summed E-state index contributed by atoms with van der Waals surface area (Å²) in [5.41, 5.74) is 2.10. The van der Waals surface area contributed by atoms with Crippen molar-refractivity contribution in [1.82, 2.24) is 9.97 Å². The third-order valence-corrected chi connectivity index (χ3v) is 5.91. The van der Waals surface area contributed by atoms with Crippen molar-refractivity contribution in [2.45, 2.75) is 25.7 Å². The van der Waals surface area contributed by atoms with Crippen LogP contribution in [0.3, 0.4) is 0 Å². The topological polar surface area (TPSA) is 130 Å². The zero-order valence-corrected chi connectivity index (χ0v) is 19.5. The summed E-state index contributed by atoms with van der Waals surface area (Å²) in [6.07, 6.45) is 1.99. The summed E-state index contributed by atoms with van der Waals surface area (Å²) in [7, 11) is 0. The lowest BCUT2D eigenvalue weighted by atomic mass is 10.0. The molecule has 0 radical (unpaired) electrons. The van der Waals surface area contributed by atoms with E-state index in [9.17, 15) is 14.4 Å². The quantitative estimate of drug-likeness (QED) is 0.201. The molecule has 0 fully saturated rings. The fourth-order valence-corrected chi connectivity index (χ4v) is 4.00. The number of nitrogens with one attached hydrogen (secondary N) is 1. The molecule has 0 aliphatic carbocycles. The van der Waals surface area contributed by atoms with Crippen LogP contribution in [0.2, 0.25) is 0 Å². The monoisotopic (exact) mass is 486 g/mol. The van der Waals surface area contributed by atoms with Crippen molar-refractivity contribution in [3.8, 4) is 28.4 Å². The van der Waals surface area contributed by atoms with Gasteiger partial charge in [0.15, 0.2) is 5.92 Å². The van der Waals surface area contributed by atoms with Gasteiger partial charge in [-0.05, 0) is 47.4 Å². The number of carbonyl (C=O) groups is 2. The van der Waals surface area contributed by atoms with Gasteiger partial charge >= 0.3 is 11.9 Å². The molecular weight excluding hydrogens is 460 g/mol. The fraction of sp³-hybridized carbons (Fsp3) is 0.214. The molecule has 0 saturated carbocycles. The van der Waals surface area contributed by atoms with E-state index in [0.717, 1.165) is 21.9 Å². The Morgan fingerprint density at radius 2 is 1.56 bits per heavy atom. The van der Waals surface area contributed by atoms with Gasteiger partial charge in [-0.25, -0.2) is 0 Å². The van der Waals surface area contributed by atoms with E-state index in [-0.39, 0.29) is 12.0 Å². The van der Waals surface area contributed by atoms with Crippen molar-refractivity contribution in [1.29, 1.82) is 0 Å². The molecular formula is C28H26N2O6. The van der Waals surface area contributed by atoms with Crippen LogP contribution in [-0.2, 0) is 9.59 Å². The molecule has 184 valence electrons. The SMILES string of the molecule is O=C(O)C(CCCCCOc1ccc2cc(-c3nc(=O)cc(-c4ccccc4)[nH]3)ccc2c1)C(=O)O. The molecule has 0 aliphatic heterocycles. The van der Waals surface area contributed by atoms with E-state index in [1.165, 1.54) is 6.07 Å². The minimum absolute atomic E-state index is 0.108. The summed E-state index contributed by atoms with van der Waals surface area (Å²) in [6.45, 7) is 0.450. The van der Waals surface area contributed by atoms with Gasteiger partial charge in [-0.2, -0.15) is 4.98 Å². The van der Waals surface area contributed by atoms with Crippen LogP contribution < -0.4 is 10.3 Å². The summed E-state index contributed by atoms with van der Waals surface area (Å²) in [5, 5.41) is 19.8. The molecule has 0 spiro atoms. The lowest BCUT2D eigenvalue weighted by Gasteiger charge is -2.10. The van der Waals surface area contributed by atoms with Crippen LogP contribution in [0.15, 0.2) is 77.6 Å². The van der Waals surface area contributed by atoms with Crippen LogP contribution in [-0.4, -0.2) is 38.7 Å². The Hall–Kier alpha value is -4.46. The highest BCUT2D eigenvalue weighted by Gasteiger charge is 2.24. The van der Waals surface area contributed by atoms with Gasteiger partial charge in [0.05, 0.1) is 12.3 Å². The Morgan fingerprint density at radius 3 is 2.31 bits per heavy atom. The van der Waals surface area contributed by atoms with Crippen LogP contribution in [0.1, 0.15) is 25.7 Å². The third kappa shape index (κ3) is 6.15. The second kappa shape index (κ2) is 11.3. The predicted molar refractivity (Wildman–Crippen MR) is 136 cm³/mol.